The molecule has 336 valence electrons. The van der Waals surface area contributed by atoms with Crippen LogP contribution in [0.3, 0.4) is 0 Å². The second-order valence-corrected chi connectivity index (χ2v) is 72.0. The predicted octanol–water partition coefficient (Wildman–Crippen LogP) is 10.0. The molecule has 0 N–H and O–H groups in total. The molecule has 4 aromatic carbocycles. The maximum absolute atomic E-state index is 2.73. The molecule has 0 aliphatic rings. The molecule has 0 aliphatic carbocycles. The topological polar surface area (TPSA) is 0 Å². The third kappa shape index (κ3) is 14.2. The Bertz CT molecular complexity index is 1740. The van der Waals surface area contributed by atoms with Gasteiger partial charge in [-0.1, -0.05) is 271 Å². The second kappa shape index (κ2) is 18.6. The summed E-state index contributed by atoms with van der Waals surface area (Å²) in [6.45, 7) is 61.6. The second-order valence-electron chi connectivity index (χ2n) is 26.7. The molecule has 0 saturated heterocycles. The molecule has 0 radical (unpaired) electrons. The molecule has 0 aromatic heterocycles. The molecule has 0 saturated carbocycles. The van der Waals surface area contributed by atoms with Crippen molar-refractivity contribution in [1.82, 2.24) is 0 Å². The van der Waals surface area contributed by atoms with Gasteiger partial charge in [0.05, 0.1) is 64.6 Å². The van der Waals surface area contributed by atoms with Crippen LogP contribution in [0.5, 0.6) is 0 Å². The molecule has 0 heterocycles. The van der Waals surface area contributed by atoms with Crippen molar-refractivity contribution in [2.45, 2.75) is 164 Å². The molecule has 0 fully saturated rings. The van der Waals surface area contributed by atoms with Crippen LogP contribution in [-0.4, -0.2) is 76.9 Å². The summed E-state index contributed by atoms with van der Waals surface area (Å²) in [6, 6.07) is 32.5. The van der Waals surface area contributed by atoms with Crippen LogP contribution in [0, 0.1) is 0 Å². The van der Waals surface area contributed by atoms with Crippen molar-refractivity contribution in [2.75, 3.05) is 12.3 Å². The first kappa shape index (κ1) is 53.1. The van der Waals surface area contributed by atoms with E-state index >= 15 is 0 Å². The zero-order valence-electron chi connectivity index (χ0n) is 43.9. The third-order valence-corrected chi connectivity index (χ3v) is 33.8. The van der Waals surface area contributed by atoms with E-state index in [2.05, 4.69) is 230 Å². The summed E-state index contributed by atoms with van der Waals surface area (Å²) in [7, 11) is -13.6. The highest BCUT2D eigenvalue weighted by Gasteiger charge is 2.32. The minimum atomic E-state index is -1.56. The summed E-state index contributed by atoms with van der Waals surface area (Å²) in [5.74, 6) is 0. The highest BCUT2D eigenvalue weighted by atomic mass is 31.1. The lowest BCUT2D eigenvalue weighted by Crippen LogP contribution is -2.48. The molecule has 61 heavy (non-hydrogen) atoms. The summed E-state index contributed by atoms with van der Waals surface area (Å²) in [5.41, 5.74) is 0. The Balaban J connectivity index is 2.05. The molecular formula is C51H90P2Si8. The van der Waals surface area contributed by atoms with E-state index in [1.54, 1.807) is 62.7 Å². The van der Waals surface area contributed by atoms with Crippen molar-refractivity contribution in [2.24, 2.45) is 0 Å². The van der Waals surface area contributed by atoms with Gasteiger partial charge in [0.15, 0.2) is 0 Å². The van der Waals surface area contributed by atoms with E-state index in [-0.39, 0.29) is 0 Å². The maximum atomic E-state index is 2.73. The van der Waals surface area contributed by atoms with Gasteiger partial charge in [-0.3, -0.25) is 0 Å². The van der Waals surface area contributed by atoms with Crippen molar-refractivity contribution in [3.63, 3.8) is 0 Å². The molecular weight excluding hydrogens is 899 g/mol. The molecule has 0 aliphatic heterocycles. The third-order valence-electron chi connectivity index (χ3n) is 12.6. The lowest BCUT2D eigenvalue weighted by Gasteiger charge is -2.31. The predicted molar refractivity (Wildman–Crippen MR) is 316 cm³/mol. The van der Waals surface area contributed by atoms with Gasteiger partial charge in [-0.25, -0.2) is 0 Å². The Morgan fingerprint density at radius 2 is 0.361 bits per heavy atom. The van der Waals surface area contributed by atoms with Crippen LogP contribution in [0.2, 0.25) is 157 Å². The number of hydrogen-bond donors (Lipinski definition) is 0. The van der Waals surface area contributed by atoms with E-state index in [4.69, 9.17) is 0 Å². The first-order valence-electron chi connectivity index (χ1n) is 23.5. The minimum Gasteiger partial charge on any atom is -0.0656 e. The van der Waals surface area contributed by atoms with Crippen LogP contribution in [-0.2, 0) is 0 Å². The van der Waals surface area contributed by atoms with Gasteiger partial charge in [0.1, 0.15) is 0 Å². The normalized spacial score (nSPS) is 14.1. The first-order chi connectivity index (χ1) is 27.3. The summed E-state index contributed by atoms with van der Waals surface area (Å²) < 4.78 is 0. The van der Waals surface area contributed by atoms with Gasteiger partial charge in [0, 0.05) is 0 Å². The van der Waals surface area contributed by atoms with Gasteiger partial charge in [0.2, 0.25) is 0 Å². The average Bonchev–Trinajstić information content (AvgIpc) is 3.08. The Morgan fingerprint density at radius 1 is 0.230 bits per heavy atom. The summed E-state index contributed by atoms with van der Waals surface area (Å²) >= 11 is 0. The van der Waals surface area contributed by atoms with Gasteiger partial charge < -0.3 is 0 Å². The molecule has 4 aromatic rings. The Kier molecular flexibility index (Phi) is 16.2. The fourth-order valence-electron chi connectivity index (χ4n) is 7.73. The standard InChI is InChI=1S/C51H90P2Si8/c1-54(2,3)44-28-40(29-45(36-44)55(4,5)6)52(41-30-46(56(7,8)9)37-47(31-41)57(10,11)12)26-25-27-53(42-32-48(58(13,14)15)38-49(33-42)59(16,17)18)43-34-50(60(19,20)21)39-51(35-43)61(22,23)24/h28-39H,25-27H2,1-24H3. The number of hydrogen-bond acceptors (Lipinski definition) is 0. The Hall–Kier alpha value is -0.525. The largest absolute Gasteiger partial charge is 0.0776 e. The van der Waals surface area contributed by atoms with Crippen LogP contribution < -0.4 is 62.7 Å². The van der Waals surface area contributed by atoms with Gasteiger partial charge >= 0.3 is 0 Å². The van der Waals surface area contributed by atoms with E-state index in [0.29, 0.717) is 0 Å². The molecule has 10 heteroatoms. The molecule has 0 spiro atoms. The SMILES string of the molecule is C[Si](C)(C)c1cc(P(CCCP(c2cc([Si](C)(C)C)cc([Si](C)(C)C)c2)c2cc([Si](C)(C)C)cc([Si](C)(C)C)c2)c2cc([Si](C)(C)C)cc([Si](C)(C)C)c2)cc([Si](C)(C)C)c1. The van der Waals surface area contributed by atoms with Crippen LogP contribution in [0.4, 0.5) is 0 Å². The Morgan fingerprint density at radius 3 is 0.475 bits per heavy atom. The summed E-state index contributed by atoms with van der Waals surface area (Å²) in [6.07, 6.45) is 3.78. The van der Waals surface area contributed by atoms with Crippen molar-refractivity contribution in [3.05, 3.63) is 72.8 Å². The van der Waals surface area contributed by atoms with E-state index in [1.807, 2.05) is 0 Å². The molecule has 0 bridgehead atoms. The van der Waals surface area contributed by atoms with Crippen LogP contribution in [0.1, 0.15) is 6.42 Å². The van der Waals surface area contributed by atoms with Crippen molar-refractivity contribution < 1.29 is 0 Å². The summed E-state index contributed by atoms with van der Waals surface area (Å²) in [4.78, 5) is 0. The quantitative estimate of drug-likeness (QED) is 0.0776. The molecule has 0 unspecified atom stereocenters. The smallest absolute Gasteiger partial charge is 0.0656 e. The van der Waals surface area contributed by atoms with E-state index in [1.165, 1.54) is 18.7 Å². The van der Waals surface area contributed by atoms with Crippen molar-refractivity contribution in [3.8, 4) is 0 Å². The zero-order chi connectivity index (χ0) is 46.7. The molecule has 0 nitrogen and oxygen atoms in total. The van der Waals surface area contributed by atoms with Crippen LogP contribution in [0.25, 0.3) is 0 Å². The van der Waals surface area contributed by atoms with Gasteiger partial charge in [-0.2, -0.15) is 0 Å². The van der Waals surface area contributed by atoms with Gasteiger partial charge in [0.25, 0.3) is 0 Å². The summed E-state index contributed by atoms with van der Waals surface area (Å²) in [5, 5.41) is 19.9. The van der Waals surface area contributed by atoms with Crippen LogP contribution >= 0.6 is 15.8 Å². The Labute approximate surface area is 389 Å². The lowest BCUT2D eigenvalue weighted by molar-refractivity contribution is 1.11. The number of rotatable bonds is 16. The van der Waals surface area contributed by atoms with Gasteiger partial charge in [-0.05, 0) is 55.8 Å². The van der Waals surface area contributed by atoms with E-state index in [0.717, 1.165) is 0 Å². The fraction of sp³-hybridized carbons (Fsp3) is 0.529. The average molecular weight is 990 g/mol. The monoisotopic (exact) mass is 988 g/mol. The lowest BCUT2D eigenvalue weighted by atomic mass is 10.3. The molecule has 0 atom stereocenters. The highest BCUT2D eigenvalue weighted by Crippen LogP contribution is 2.40. The highest BCUT2D eigenvalue weighted by molar-refractivity contribution is 7.74. The fourth-order valence-corrected chi connectivity index (χ4v) is 23.9. The zero-order valence-corrected chi connectivity index (χ0v) is 53.7. The van der Waals surface area contributed by atoms with E-state index in [9.17, 15) is 0 Å². The van der Waals surface area contributed by atoms with Crippen molar-refractivity contribution >= 4 is 143 Å². The van der Waals surface area contributed by atoms with E-state index < -0.39 is 80.4 Å². The van der Waals surface area contributed by atoms with Crippen LogP contribution in [0.15, 0.2) is 72.8 Å². The molecule has 0 amide bonds. The first-order valence-corrected chi connectivity index (χ1v) is 54.5. The minimum absolute atomic E-state index is 0.545. The van der Waals surface area contributed by atoms with Crippen molar-refractivity contribution in [1.29, 1.82) is 0 Å². The maximum Gasteiger partial charge on any atom is 0.0776 e. The van der Waals surface area contributed by atoms with Gasteiger partial charge in [-0.15, -0.1) is 0 Å². The number of benzene rings is 4. The molecule has 4 rings (SSSR count).